The number of non-ortho nitro benzene ring substituents is 1. The number of nitro benzene ring substituents is 1. The number of nitro groups is 1. The molecule has 0 aromatic heterocycles. The monoisotopic (exact) mass is 434 g/mol. The Morgan fingerprint density at radius 2 is 1.42 bits per heavy atom. The van der Waals surface area contributed by atoms with Crippen LogP contribution in [-0.2, 0) is 4.79 Å². The Hall–Kier alpha value is -4.11. The average molecular weight is 434 g/mol. The summed E-state index contributed by atoms with van der Waals surface area (Å²) in [6.45, 7) is 0. The average Bonchev–Trinajstić information content (AvgIpc) is 2.79. The Bertz CT molecular complexity index is 1070. The first-order valence-corrected chi connectivity index (χ1v) is 9.62. The van der Waals surface area contributed by atoms with E-state index in [1.807, 2.05) is 60.7 Å². The number of carbonyl (C=O) groups is 2. The van der Waals surface area contributed by atoms with Gasteiger partial charge < -0.3 is 5.32 Å². The van der Waals surface area contributed by atoms with Crippen LogP contribution in [0.4, 0.5) is 5.69 Å². The van der Waals surface area contributed by atoms with Crippen molar-refractivity contribution in [2.75, 3.05) is 0 Å². The molecular weight excluding hydrogens is 416 g/mol. The van der Waals surface area contributed by atoms with Gasteiger partial charge in [0.2, 0.25) is 5.91 Å². The van der Waals surface area contributed by atoms with Gasteiger partial charge in [-0.15, -0.1) is 0 Å². The minimum Gasteiger partial charge on any atom is -0.301 e. The highest BCUT2D eigenvalue weighted by Gasteiger charge is 2.23. The number of benzene rings is 3. The maximum Gasteiger partial charge on any atom is 0.270 e. The molecule has 3 rings (SSSR count). The molecule has 8 nitrogen and oxygen atoms in total. The molecule has 0 bridgehead atoms. The van der Waals surface area contributed by atoms with E-state index in [2.05, 4.69) is 16.2 Å². The van der Waals surface area contributed by atoms with E-state index in [1.165, 1.54) is 18.2 Å². The second kappa shape index (κ2) is 10.1. The molecule has 31 heavy (non-hydrogen) atoms. The molecule has 0 fully saturated rings. The van der Waals surface area contributed by atoms with Gasteiger partial charge in [0, 0.05) is 17.7 Å². The number of hydrogen-bond acceptors (Lipinski definition) is 5. The van der Waals surface area contributed by atoms with Crippen molar-refractivity contribution in [1.29, 1.82) is 0 Å². The summed E-state index contributed by atoms with van der Waals surface area (Å²) in [6.07, 6.45) is 0. The third-order valence-corrected chi connectivity index (χ3v) is 4.58. The van der Waals surface area contributed by atoms with Crippen molar-refractivity contribution in [3.8, 4) is 0 Å². The van der Waals surface area contributed by atoms with Gasteiger partial charge in [0.25, 0.3) is 11.6 Å². The summed E-state index contributed by atoms with van der Waals surface area (Å²) in [5, 5.41) is 13.3. The highest BCUT2D eigenvalue weighted by molar-refractivity contribution is 7.80. The second-order valence-corrected chi connectivity index (χ2v) is 6.87. The van der Waals surface area contributed by atoms with Crippen molar-refractivity contribution in [2.45, 2.75) is 5.92 Å². The van der Waals surface area contributed by atoms with Crippen molar-refractivity contribution in [3.05, 3.63) is 112 Å². The molecule has 2 amide bonds. The molecular formula is C22H18N4O4S. The summed E-state index contributed by atoms with van der Waals surface area (Å²) in [4.78, 5) is 35.4. The minimum absolute atomic E-state index is 0.0716. The molecule has 0 aliphatic heterocycles. The first-order chi connectivity index (χ1) is 15.0. The quantitative estimate of drug-likeness (QED) is 0.323. The highest BCUT2D eigenvalue weighted by atomic mass is 32.1. The second-order valence-electron chi connectivity index (χ2n) is 6.46. The summed E-state index contributed by atoms with van der Waals surface area (Å²) in [5.41, 5.74) is 6.20. The van der Waals surface area contributed by atoms with Crippen LogP contribution in [0.2, 0.25) is 0 Å². The van der Waals surface area contributed by atoms with Crippen molar-refractivity contribution in [2.24, 2.45) is 0 Å². The fraction of sp³-hybridized carbons (Fsp3) is 0.0455. The van der Waals surface area contributed by atoms with Crippen LogP contribution < -0.4 is 16.2 Å². The number of thiocarbonyl (C=S) groups is 1. The van der Waals surface area contributed by atoms with Gasteiger partial charge >= 0.3 is 0 Å². The third kappa shape index (κ3) is 5.71. The van der Waals surface area contributed by atoms with Gasteiger partial charge in [0.1, 0.15) is 0 Å². The Labute approximate surface area is 183 Å². The molecule has 0 spiro atoms. The molecule has 0 saturated carbocycles. The lowest BCUT2D eigenvalue weighted by Crippen LogP contribution is -2.49. The molecule has 3 N–H and O–H groups in total. The van der Waals surface area contributed by atoms with Crippen LogP contribution in [0.1, 0.15) is 27.4 Å². The molecule has 0 aliphatic carbocycles. The fourth-order valence-electron chi connectivity index (χ4n) is 2.95. The number of nitrogens with one attached hydrogen (secondary N) is 3. The van der Waals surface area contributed by atoms with Gasteiger partial charge in [0.05, 0.1) is 10.8 Å². The first-order valence-electron chi connectivity index (χ1n) is 9.21. The number of amides is 2. The van der Waals surface area contributed by atoms with E-state index in [-0.39, 0.29) is 22.3 Å². The standard InChI is InChI=1S/C22H18N4O4S/c27-20(17-12-7-13-18(14-17)26(29)30)24-25-22(31)23-21(28)19(15-8-3-1-4-9-15)16-10-5-2-6-11-16/h1-14,19H,(H,24,27)(H2,23,25,28,31). The summed E-state index contributed by atoms with van der Waals surface area (Å²) < 4.78 is 0. The number of nitrogens with zero attached hydrogens (tertiary/aromatic N) is 1. The van der Waals surface area contributed by atoms with Gasteiger partial charge in [-0.25, -0.2) is 0 Å². The Morgan fingerprint density at radius 1 is 0.839 bits per heavy atom. The minimum atomic E-state index is -0.636. The summed E-state index contributed by atoms with van der Waals surface area (Å²) in [5.74, 6) is -1.61. The maximum atomic E-state index is 13.0. The van der Waals surface area contributed by atoms with E-state index >= 15 is 0 Å². The van der Waals surface area contributed by atoms with Crippen LogP contribution in [-0.4, -0.2) is 21.9 Å². The first kappa shape index (κ1) is 21.6. The van der Waals surface area contributed by atoms with E-state index in [9.17, 15) is 19.7 Å². The van der Waals surface area contributed by atoms with Gasteiger partial charge in [-0.1, -0.05) is 66.7 Å². The van der Waals surface area contributed by atoms with Crippen molar-refractivity contribution in [3.63, 3.8) is 0 Å². The van der Waals surface area contributed by atoms with E-state index in [4.69, 9.17) is 12.2 Å². The van der Waals surface area contributed by atoms with Crippen LogP contribution in [0.5, 0.6) is 0 Å². The van der Waals surface area contributed by atoms with E-state index in [0.717, 1.165) is 17.2 Å². The molecule has 0 radical (unpaired) electrons. The molecule has 3 aromatic rings. The zero-order valence-corrected chi connectivity index (χ0v) is 17.0. The predicted molar refractivity (Wildman–Crippen MR) is 119 cm³/mol. The van der Waals surface area contributed by atoms with Gasteiger partial charge in [-0.3, -0.25) is 30.6 Å². The lowest BCUT2D eigenvalue weighted by molar-refractivity contribution is -0.384. The maximum absolute atomic E-state index is 13.0. The summed E-state index contributed by atoms with van der Waals surface area (Å²) >= 11 is 5.12. The highest BCUT2D eigenvalue weighted by Crippen LogP contribution is 2.24. The van der Waals surface area contributed by atoms with Crippen molar-refractivity contribution in [1.82, 2.24) is 16.2 Å². The molecule has 0 heterocycles. The number of hydrogen-bond donors (Lipinski definition) is 3. The SMILES string of the molecule is O=C(NNC(=S)NC(=O)C(c1ccccc1)c1ccccc1)c1cccc([N+](=O)[O-])c1. The van der Waals surface area contributed by atoms with Crippen LogP contribution in [0.3, 0.4) is 0 Å². The molecule has 0 saturated heterocycles. The molecule has 9 heteroatoms. The zero-order chi connectivity index (χ0) is 22.2. The van der Waals surface area contributed by atoms with Gasteiger partial charge in [0.15, 0.2) is 5.11 Å². The zero-order valence-electron chi connectivity index (χ0n) is 16.1. The van der Waals surface area contributed by atoms with Crippen molar-refractivity contribution >= 4 is 34.8 Å². The Morgan fingerprint density at radius 3 is 1.97 bits per heavy atom. The lowest BCUT2D eigenvalue weighted by Gasteiger charge is -2.18. The molecule has 0 aliphatic rings. The van der Waals surface area contributed by atoms with E-state index in [1.54, 1.807) is 0 Å². The summed E-state index contributed by atoms with van der Waals surface area (Å²) in [6, 6.07) is 23.7. The lowest BCUT2D eigenvalue weighted by atomic mass is 9.90. The number of carbonyl (C=O) groups excluding carboxylic acids is 2. The molecule has 156 valence electrons. The molecule has 0 atom stereocenters. The predicted octanol–water partition coefficient (Wildman–Crippen LogP) is 3.06. The van der Waals surface area contributed by atoms with Gasteiger partial charge in [-0.2, -0.15) is 0 Å². The fourth-order valence-corrected chi connectivity index (χ4v) is 3.10. The molecule has 0 unspecified atom stereocenters. The van der Waals surface area contributed by atoms with Crippen molar-refractivity contribution < 1.29 is 14.5 Å². The topological polar surface area (TPSA) is 113 Å². The van der Waals surface area contributed by atoms with Crippen LogP contribution in [0.25, 0.3) is 0 Å². The third-order valence-electron chi connectivity index (χ3n) is 4.37. The van der Waals surface area contributed by atoms with E-state index in [0.29, 0.717) is 0 Å². The largest absolute Gasteiger partial charge is 0.301 e. The summed E-state index contributed by atoms with van der Waals surface area (Å²) in [7, 11) is 0. The Balaban J connectivity index is 1.66. The van der Waals surface area contributed by atoms with Gasteiger partial charge in [-0.05, 0) is 29.4 Å². The van der Waals surface area contributed by atoms with Crippen LogP contribution in [0.15, 0.2) is 84.9 Å². The van der Waals surface area contributed by atoms with E-state index < -0.39 is 16.7 Å². The smallest absolute Gasteiger partial charge is 0.270 e. The van der Waals surface area contributed by atoms with Crippen LogP contribution in [0, 0.1) is 10.1 Å². The van der Waals surface area contributed by atoms with Crippen LogP contribution >= 0.6 is 12.2 Å². The number of rotatable bonds is 5. The Kier molecular flexibility index (Phi) is 7.02. The molecule has 3 aromatic carbocycles. The normalized spacial score (nSPS) is 10.2. The number of hydrazine groups is 1.